The molecule has 4 rings (SSSR count). The Labute approximate surface area is 205 Å². The summed E-state index contributed by atoms with van der Waals surface area (Å²) in [5.74, 6) is -0.0759. The Morgan fingerprint density at radius 1 is 1.06 bits per heavy atom. The number of carbonyl (C=O) groups is 2. The molecule has 7 nitrogen and oxygen atoms in total. The number of hydrogen-bond donors (Lipinski definition) is 1. The molecule has 2 amide bonds. The third-order valence-electron chi connectivity index (χ3n) is 6.75. The van der Waals surface area contributed by atoms with Crippen molar-refractivity contribution in [3.8, 4) is 0 Å². The number of hydrogen-bond acceptors (Lipinski definition) is 4. The second-order valence-electron chi connectivity index (χ2n) is 9.19. The molecule has 1 fully saturated rings. The SMILES string of the molecule is CCOC(=O)N1CCC(n2ccc3c(NC(=O)CCc4ccc(C)cc4C)cccc3c2=O)CC1. The summed E-state index contributed by atoms with van der Waals surface area (Å²) in [6.07, 6.45) is 3.93. The van der Waals surface area contributed by atoms with E-state index in [4.69, 9.17) is 4.74 Å². The third kappa shape index (κ3) is 5.56. The highest BCUT2D eigenvalue weighted by Gasteiger charge is 2.25. The third-order valence-corrected chi connectivity index (χ3v) is 6.75. The molecule has 0 spiro atoms. The standard InChI is InChI=1S/C28H33N3O4/c1-4-35-28(34)30-15-12-22(13-16-30)31-17-14-23-24(27(31)33)6-5-7-25(23)29-26(32)11-10-21-9-8-19(2)18-20(21)3/h5-9,14,17-18,22H,4,10-13,15-16H2,1-3H3,(H,29,32). The number of nitrogens with one attached hydrogen (secondary N) is 1. The summed E-state index contributed by atoms with van der Waals surface area (Å²) >= 11 is 0. The normalized spacial score (nSPS) is 14.2. The van der Waals surface area contributed by atoms with Crippen LogP contribution in [0.15, 0.2) is 53.5 Å². The summed E-state index contributed by atoms with van der Waals surface area (Å²) in [6.45, 7) is 7.39. The summed E-state index contributed by atoms with van der Waals surface area (Å²) in [4.78, 5) is 39.7. The van der Waals surface area contributed by atoms with E-state index in [-0.39, 0.29) is 23.6 Å². The summed E-state index contributed by atoms with van der Waals surface area (Å²) in [5, 5.41) is 4.31. The fourth-order valence-corrected chi connectivity index (χ4v) is 4.82. The minimum Gasteiger partial charge on any atom is -0.450 e. The number of aromatic nitrogens is 1. The predicted octanol–water partition coefficient (Wildman–Crippen LogP) is 4.98. The molecular weight excluding hydrogens is 442 g/mol. The molecule has 1 N–H and O–H groups in total. The molecule has 35 heavy (non-hydrogen) atoms. The molecule has 7 heteroatoms. The first kappa shape index (κ1) is 24.5. The van der Waals surface area contributed by atoms with Crippen LogP contribution >= 0.6 is 0 Å². The Kier molecular flexibility index (Phi) is 7.54. The highest BCUT2D eigenvalue weighted by Crippen LogP contribution is 2.25. The van der Waals surface area contributed by atoms with Crippen molar-refractivity contribution < 1.29 is 14.3 Å². The van der Waals surface area contributed by atoms with Gasteiger partial charge in [-0.3, -0.25) is 9.59 Å². The molecule has 1 aromatic heterocycles. The van der Waals surface area contributed by atoms with E-state index < -0.39 is 0 Å². The Bertz CT molecular complexity index is 1290. The lowest BCUT2D eigenvalue weighted by molar-refractivity contribution is -0.116. The van der Waals surface area contributed by atoms with E-state index in [0.29, 0.717) is 56.5 Å². The molecule has 1 aliphatic rings. The maximum Gasteiger partial charge on any atom is 0.409 e. The number of amides is 2. The highest BCUT2D eigenvalue weighted by molar-refractivity contribution is 6.01. The molecule has 2 heterocycles. The van der Waals surface area contributed by atoms with Crippen LogP contribution in [0.1, 0.15) is 48.9 Å². The van der Waals surface area contributed by atoms with Gasteiger partial charge in [-0.25, -0.2) is 4.79 Å². The van der Waals surface area contributed by atoms with Gasteiger partial charge in [0.25, 0.3) is 5.56 Å². The topological polar surface area (TPSA) is 80.6 Å². The van der Waals surface area contributed by atoms with Crippen molar-refractivity contribution in [1.82, 2.24) is 9.47 Å². The van der Waals surface area contributed by atoms with Gasteiger partial charge >= 0.3 is 6.09 Å². The number of likely N-dealkylation sites (tertiary alicyclic amines) is 1. The first-order valence-corrected chi connectivity index (χ1v) is 12.3. The molecule has 0 bridgehead atoms. The van der Waals surface area contributed by atoms with Gasteiger partial charge in [0.1, 0.15) is 0 Å². The quantitative estimate of drug-likeness (QED) is 0.545. The van der Waals surface area contributed by atoms with E-state index in [1.54, 1.807) is 34.7 Å². The zero-order chi connectivity index (χ0) is 24.9. The number of piperidine rings is 1. The van der Waals surface area contributed by atoms with Crippen molar-refractivity contribution in [3.05, 3.63) is 75.7 Å². The van der Waals surface area contributed by atoms with Gasteiger partial charge in [0.2, 0.25) is 5.91 Å². The van der Waals surface area contributed by atoms with E-state index in [1.165, 1.54) is 16.7 Å². The van der Waals surface area contributed by atoms with Crippen LogP contribution in [0.2, 0.25) is 0 Å². The minimum atomic E-state index is -0.297. The molecule has 184 valence electrons. The number of ether oxygens (including phenoxy) is 1. The van der Waals surface area contributed by atoms with Gasteiger partial charge in [-0.2, -0.15) is 0 Å². The number of aryl methyl sites for hydroxylation is 3. The molecule has 0 aliphatic carbocycles. The minimum absolute atomic E-state index is 0.0218. The largest absolute Gasteiger partial charge is 0.450 e. The monoisotopic (exact) mass is 475 g/mol. The number of carbonyl (C=O) groups excluding carboxylic acids is 2. The Hall–Kier alpha value is -3.61. The second-order valence-corrected chi connectivity index (χ2v) is 9.19. The van der Waals surface area contributed by atoms with Crippen LogP contribution in [0.25, 0.3) is 10.8 Å². The number of fused-ring (bicyclic) bond motifs is 1. The van der Waals surface area contributed by atoms with Crippen molar-refractivity contribution in [2.75, 3.05) is 25.0 Å². The Morgan fingerprint density at radius 3 is 2.54 bits per heavy atom. The summed E-state index contributed by atoms with van der Waals surface area (Å²) in [5.41, 5.74) is 4.14. The van der Waals surface area contributed by atoms with Crippen LogP contribution in [-0.4, -0.2) is 41.2 Å². The van der Waals surface area contributed by atoms with Crippen LogP contribution in [0.3, 0.4) is 0 Å². The lowest BCUT2D eigenvalue weighted by Gasteiger charge is -2.32. The number of benzene rings is 2. The van der Waals surface area contributed by atoms with Gasteiger partial charge in [0.15, 0.2) is 0 Å². The lowest BCUT2D eigenvalue weighted by atomic mass is 10.0. The van der Waals surface area contributed by atoms with E-state index in [1.807, 2.05) is 12.1 Å². The van der Waals surface area contributed by atoms with E-state index >= 15 is 0 Å². The van der Waals surface area contributed by atoms with Crippen molar-refractivity contribution in [2.45, 2.75) is 52.5 Å². The molecule has 2 aromatic carbocycles. The average molecular weight is 476 g/mol. The first-order valence-electron chi connectivity index (χ1n) is 12.3. The second kappa shape index (κ2) is 10.8. The lowest BCUT2D eigenvalue weighted by Crippen LogP contribution is -2.41. The van der Waals surface area contributed by atoms with Gasteiger partial charge in [0, 0.05) is 48.2 Å². The fourth-order valence-electron chi connectivity index (χ4n) is 4.82. The predicted molar refractivity (Wildman–Crippen MR) is 138 cm³/mol. The smallest absolute Gasteiger partial charge is 0.409 e. The number of nitrogens with zero attached hydrogens (tertiary/aromatic N) is 2. The first-order chi connectivity index (χ1) is 16.9. The molecule has 0 radical (unpaired) electrons. The molecule has 1 aliphatic heterocycles. The maximum atomic E-state index is 13.3. The van der Waals surface area contributed by atoms with Crippen molar-refractivity contribution in [3.63, 3.8) is 0 Å². The number of pyridine rings is 1. The zero-order valence-electron chi connectivity index (χ0n) is 20.7. The summed E-state index contributed by atoms with van der Waals surface area (Å²) in [7, 11) is 0. The molecule has 3 aromatic rings. The molecular formula is C28H33N3O4. The fraction of sp³-hybridized carbons (Fsp3) is 0.393. The Morgan fingerprint density at radius 2 is 1.83 bits per heavy atom. The Balaban J connectivity index is 1.45. The van der Waals surface area contributed by atoms with Gasteiger partial charge in [-0.05, 0) is 69.4 Å². The van der Waals surface area contributed by atoms with E-state index in [0.717, 1.165) is 5.39 Å². The van der Waals surface area contributed by atoms with Crippen LogP contribution in [0.5, 0.6) is 0 Å². The molecule has 0 atom stereocenters. The van der Waals surface area contributed by atoms with E-state index in [9.17, 15) is 14.4 Å². The van der Waals surface area contributed by atoms with Crippen LogP contribution < -0.4 is 10.9 Å². The van der Waals surface area contributed by atoms with Crippen LogP contribution in [0.4, 0.5) is 10.5 Å². The van der Waals surface area contributed by atoms with Gasteiger partial charge in [-0.1, -0.05) is 29.8 Å². The van der Waals surface area contributed by atoms with Gasteiger partial charge < -0.3 is 19.5 Å². The van der Waals surface area contributed by atoms with Crippen LogP contribution in [0, 0.1) is 13.8 Å². The maximum absolute atomic E-state index is 13.3. The van der Waals surface area contributed by atoms with Crippen LogP contribution in [-0.2, 0) is 16.0 Å². The van der Waals surface area contributed by atoms with Crippen molar-refractivity contribution in [2.24, 2.45) is 0 Å². The van der Waals surface area contributed by atoms with E-state index in [2.05, 4.69) is 37.4 Å². The van der Waals surface area contributed by atoms with Gasteiger partial charge in [0.05, 0.1) is 6.61 Å². The van der Waals surface area contributed by atoms with Gasteiger partial charge in [-0.15, -0.1) is 0 Å². The zero-order valence-corrected chi connectivity index (χ0v) is 20.7. The highest BCUT2D eigenvalue weighted by atomic mass is 16.6. The number of rotatable bonds is 6. The molecule has 1 saturated heterocycles. The summed E-state index contributed by atoms with van der Waals surface area (Å²) in [6, 6.07) is 13.6. The molecule has 0 saturated carbocycles. The van der Waals surface area contributed by atoms with Crippen molar-refractivity contribution >= 4 is 28.5 Å². The average Bonchev–Trinajstić information content (AvgIpc) is 2.84. The molecule has 0 unspecified atom stereocenters. The summed E-state index contributed by atoms with van der Waals surface area (Å²) < 4.78 is 6.85. The van der Waals surface area contributed by atoms with Crippen molar-refractivity contribution in [1.29, 1.82) is 0 Å². The number of anilines is 1.